The molecule has 97 heavy (non-hydrogen) atoms. The second-order valence-electron chi connectivity index (χ2n) is 27.4. The summed E-state index contributed by atoms with van der Waals surface area (Å²) in [5, 5.41) is 92.0. The zero-order valence-corrected chi connectivity index (χ0v) is 58.4. The Hall–Kier alpha value is -5.64. The van der Waals surface area contributed by atoms with Crippen LogP contribution in [0.5, 0.6) is 0 Å². The van der Waals surface area contributed by atoms with E-state index >= 15 is 0 Å². The molecular formula is C65H107B2N9O19S2. The summed E-state index contributed by atoms with van der Waals surface area (Å²) in [6.07, 6.45) is 14.5. The normalized spacial score (nSPS) is 23.9. The molecule has 0 radical (unpaired) electrons. The quantitative estimate of drug-likeness (QED) is 0.0316. The van der Waals surface area contributed by atoms with E-state index in [0.717, 1.165) is 50.4 Å². The molecule has 32 heteroatoms. The minimum atomic E-state index is -3.94. The van der Waals surface area contributed by atoms with Gasteiger partial charge in [0.05, 0.1) is 28.0 Å². The summed E-state index contributed by atoms with van der Waals surface area (Å²) in [5.41, 5.74) is 6.29. The lowest BCUT2D eigenvalue weighted by molar-refractivity contribution is -0.142. The van der Waals surface area contributed by atoms with Crippen molar-refractivity contribution >= 4 is 86.7 Å². The van der Waals surface area contributed by atoms with Gasteiger partial charge in [-0.3, -0.25) is 19.2 Å². The van der Waals surface area contributed by atoms with Crippen LogP contribution in [0.25, 0.3) is 0 Å². The Balaban J connectivity index is 0.000000459. The van der Waals surface area contributed by atoms with Crippen LogP contribution in [0.4, 0.5) is 0 Å². The SMILES string of the molecule is CNC(CCCCN)C(=O)NC(CCCNS(=O)(=O)c1ccc(B(O)O)cc1)C(=O)O.CNC(CCCCNC(=O)CCC(NC(=O)CCC(C)C1CCC2C3CC[C@H]4C[C@@H](O)CC[C@@]4(C)C3CC[C@@]12C)C(=O)O)C(=O)NC(CCCNS(=O)(=O)c1ccc(B(O)O)cc1)C(=O)O. The number of carbonyl (C=O) groups excluding carboxylic acids is 4. The average molecular weight is 1400 g/mol. The average Bonchev–Trinajstić information content (AvgIpc) is 1.67. The molecule has 28 nitrogen and oxygen atoms in total. The van der Waals surface area contributed by atoms with Crippen LogP contribution in [0, 0.1) is 46.3 Å². The van der Waals surface area contributed by atoms with Gasteiger partial charge in [0.25, 0.3) is 0 Å². The predicted octanol–water partition coefficient (Wildman–Crippen LogP) is 0.366. The first-order valence-electron chi connectivity index (χ1n) is 34.3. The molecule has 4 aliphatic rings. The van der Waals surface area contributed by atoms with E-state index in [1.165, 1.54) is 80.6 Å². The van der Waals surface area contributed by atoms with Crippen LogP contribution in [0.2, 0.25) is 0 Å². The molecule has 0 aromatic heterocycles. The van der Waals surface area contributed by atoms with Gasteiger partial charge in [0, 0.05) is 32.5 Å². The number of hydrogen-bond donors (Lipinski definition) is 17. The van der Waals surface area contributed by atoms with Crippen LogP contribution in [-0.4, -0.2) is 190 Å². The molecule has 4 fully saturated rings. The fraction of sp³-hybridized carbons (Fsp3) is 0.708. The molecule has 18 N–H and O–H groups in total. The van der Waals surface area contributed by atoms with Crippen LogP contribution < -0.4 is 58.0 Å². The number of fused-ring (bicyclic) bond motifs is 5. The van der Waals surface area contributed by atoms with E-state index in [4.69, 9.17) is 15.8 Å². The smallest absolute Gasteiger partial charge is 0.480 e. The topological polar surface area (TPSA) is 472 Å². The van der Waals surface area contributed by atoms with Gasteiger partial charge < -0.3 is 78.2 Å². The van der Waals surface area contributed by atoms with Crippen molar-refractivity contribution in [2.24, 2.45) is 52.1 Å². The summed E-state index contributed by atoms with van der Waals surface area (Å²) in [6.45, 7) is 7.91. The fourth-order valence-electron chi connectivity index (χ4n) is 15.6. The van der Waals surface area contributed by atoms with Gasteiger partial charge in [0.2, 0.25) is 43.7 Å². The maximum absolute atomic E-state index is 13.1. The van der Waals surface area contributed by atoms with Crippen LogP contribution in [0.1, 0.15) is 168 Å². The molecule has 0 heterocycles. The molecule has 4 saturated carbocycles. The largest absolute Gasteiger partial charge is 0.488 e. The number of benzene rings is 2. The summed E-state index contributed by atoms with van der Waals surface area (Å²) in [5.74, 6) is -1.72. The number of aliphatic hydroxyl groups is 1. The minimum Gasteiger partial charge on any atom is -0.480 e. The number of rotatable bonds is 40. The first-order valence-corrected chi connectivity index (χ1v) is 37.3. The fourth-order valence-corrected chi connectivity index (χ4v) is 17.7. The van der Waals surface area contributed by atoms with E-state index < -0.39 is 94.2 Å². The van der Waals surface area contributed by atoms with Crippen molar-refractivity contribution in [2.75, 3.05) is 40.3 Å². The number of carboxylic acids is 3. The van der Waals surface area contributed by atoms with E-state index in [1.807, 2.05) is 0 Å². The van der Waals surface area contributed by atoms with Crippen LogP contribution >= 0.6 is 0 Å². The van der Waals surface area contributed by atoms with E-state index in [0.29, 0.717) is 67.7 Å². The number of likely N-dealkylation sites (N-methyl/N-ethyl adjacent to an activating group) is 2. The molecule has 2 aromatic rings. The van der Waals surface area contributed by atoms with Gasteiger partial charge in [0.15, 0.2) is 0 Å². The standard InChI is InChI=1S/C47H76BN5O12S.C18H31BN4O7S/c1-29(35-17-18-36-34-16-11-30-28-32(54)22-24-46(30,2)37(34)23-25-47(35,36)3)10-20-42(56)52-40(45(60)61)19-21-41(55)50-26-6-5-8-38(49-4)43(57)53-39(44(58)59)9-7-27-51-66(64,65)33-14-12-31(13-15-33)48(62)63;1-21-15(5-2-3-11-20)17(24)23-16(18(25)26)6-4-12-22-31(29,30)14-9-7-13(8-10-14)19(27)28/h12-15,29-30,32,34-40,49,51,54,62-63H,5-11,16-28H2,1-4H3,(H,50,55)(H,52,56)(H,53,57)(H,58,59)(H,60,61);7-10,15-16,21-22,27-28H,2-6,11-12,20H2,1H3,(H,23,24)(H,25,26)/t29?,30-,32-,34?,35?,36?,37?,38?,39?,40?,46+,47-;/m0./s1. The monoisotopic (exact) mass is 1400 g/mol. The van der Waals surface area contributed by atoms with Gasteiger partial charge in [0.1, 0.15) is 18.1 Å². The van der Waals surface area contributed by atoms with Gasteiger partial charge in [-0.05, 0) is 231 Å². The number of amides is 4. The Labute approximate surface area is 571 Å². The van der Waals surface area contributed by atoms with Gasteiger partial charge in [-0.2, -0.15) is 0 Å². The second-order valence-corrected chi connectivity index (χ2v) is 30.9. The highest BCUT2D eigenvalue weighted by Gasteiger charge is 2.60. The molecule has 0 bridgehead atoms. The Kier molecular flexibility index (Phi) is 32.8. The first kappa shape index (κ1) is 82.0. The number of sulfonamides is 2. The highest BCUT2D eigenvalue weighted by molar-refractivity contribution is 7.89. The molecule has 2 aromatic carbocycles. The third kappa shape index (κ3) is 24.0. The van der Waals surface area contributed by atoms with Crippen molar-refractivity contribution in [1.82, 2.24) is 41.3 Å². The summed E-state index contributed by atoms with van der Waals surface area (Å²) in [7, 11) is -8.05. The van der Waals surface area contributed by atoms with Crippen molar-refractivity contribution in [3.8, 4) is 0 Å². The lowest BCUT2D eigenvalue weighted by Gasteiger charge is -2.61. The Morgan fingerprint density at radius 2 is 0.990 bits per heavy atom. The van der Waals surface area contributed by atoms with Crippen LogP contribution in [-0.2, 0) is 53.6 Å². The maximum Gasteiger partial charge on any atom is 0.488 e. The van der Waals surface area contributed by atoms with Gasteiger partial charge in [-0.15, -0.1) is 0 Å². The molecule has 14 atom stereocenters. The van der Waals surface area contributed by atoms with Crippen molar-refractivity contribution in [2.45, 2.75) is 215 Å². The molecular weight excluding hydrogens is 1300 g/mol. The highest BCUT2D eigenvalue weighted by Crippen LogP contribution is 2.68. The number of carboxylic acid groups (broad SMARTS) is 3. The lowest BCUT2D eigenvalue weighted by Crippen LogP contribution is -2.54. The molecule has 0 spiro atoms. The van der Waals surface area contributed by atoms with Crippen LogP contribution in [0.15, 0.2) is 58.3 Å². The number of aliphatic hydroxyl groups excluding tert-OH is 1. The summed E-state index contributed by atoms with van der Waals surface area (Å²) < 4.78 is 54.4. The molecule has 4 aliphatic carbocycles. The van der Waals surface area contributed by atoms with E-state index in [2.05, 4.69) is 62.1 Å². The zero-order valence-electron chi connectivity index (χ0n) is 56.8. The van der Waals surface area contributed by atoms with Crippen molar-refractivity contribution in [3.63, 3.8) is 0 Å². The number of unbranched alkanes of at least 4 members (excludes halogenated alkanes) is 2. The summed E-state index contributed by atoms with van der Waals surface area (Å²) in [4.78, 5) is 86.3. The third-order valence-electron chi connectivity index (χ3n) is 21.2. The van der Waals surface area contributed by atoms with E-state index in [9.17, 15) is 80.9 Å². The molecule has 4 amide bonds. The second kappa shape index (κ2) is 38.8. The highest BCUT2D eigenvalue weighted by atomic mass is 32.2. The molecule has 544 valence electrons. The molecule has 0 saturated heterocycles. The van der Waals surface area contributed by atoms with E-state index in [1.54, 1.807) is 14.1 Å². The molecule has 6 rings (SSSR count). The predicted molar refractivity (Wildman–Crippen MR) is 364 cm³/mol. The van der Waals surface area contributed by atoms with Crippen molar-refractivity contribution in [3.05, 3.63) is 48.5 Å². The van der Waals surface area contributed by atoms with Gasteiger partial charge >= 0.3 is 32.1 Å². The maximum atomic E-state index is 13.1. The van der Waals surface area contributed by atoms with Gasteiger partial charge in [-0.1, -0.05) is 51.5 Å². The number of nitrogens with two attached hydrogens (primary N) is 1. The number of aliphatic carboxylic acids is 3. The molecule has 0 aliphatic heterocycles. The van der Waals surface area contributed by atoms with E-state index in [-0.39, 0.29) is 109 Å². The molecule has 10 unspecified atom stereocenters. The Morgan fingerprint density at radius 3 is 1.46 bits per heavy atom. The third-order valence-corrected chi connectivity index (χ3v) is 24.1. The number of carbonyl (C=O) groups is 7. The summed E-state index contributed by atoms with van der Waals surface area (Å²) >= 11 is 0. The minimum absolute atomic E-state index is 0.0294. The van der Waals surface area contributed by atoms with Crippen molar-refractivity contribution < 1.29 is 90.9 Å². The number of hydrogen-bond acceptors (Lipinski definition) is 19. The Bertz CT molecular complexity index is 3120. The number of nitrogens with one attached hydrogen (secondary N) is 8. The summed E-state index contributed by atoms with van der Waals surface area (Å²) in [6, 6.07) is 5.10. The zero-order chi connectivity index (χ0) is 71.8. The first-order chi connectivity index (χ1) is 45.8. The van der Waals surface area contributed by atoms with Gasteiger partial charge in [-0.25, -0.2) is 40.7 Å². The van der Waals surface area contributed by atoms with Crippen molar-refractivity contribution in [1.29, 1.82) is 0 Å². The lowest BCUT2D eigenvalue weighted by atomic mass is 9.44. The van der Waals surface area contributed by atoms with Crippen LogP contribution in [0.3, 0.4) is 0 Å². The Morgan fingerprint density at radius 1 is 0.536 bits per heavy atom.